The second-order valence-electron chi connectivity index (χ2n) is 5.57. The molecule has 0 bridgehead atoms. The van der Waals surface area contributed by atoms with E-state index in [4.69, 9.17) is 15.2 Å². The Hall–Kier alpha value is -1.93. The van der Waals surface area contributed by atoms with Gasteiger partial charge in [-0.2, -0.15) is 10.5 Å². The van der Waals surface area contributed by atoms with Crippen LogP contribution in [0.25, 0.3) is 0 Å². The molecule has 2 fully saturated rings. The fourth-order valence-corrected chi connectivity index (χ4v) is 4.41. The lowest BCUT2D eigenvalue weighted by Gasteiger charge is -2.25. The van der Waals surface area contributed by atoms with Gasteiger partial charge in [0.05, 0.1) is 25.4 Å². The zero-order valence-electron chi connectivity index (χ0n) is 11.4. The Morgan fingerprint density at radius 2 is 1.91 bits per heavy atom. The van der Waals surface area contributed by atoms with E-state index in [1.54, 1.807) is 0 Å². The van der Waals surface area contributed by atoms with Crippen molar-refractivity contribution in [2.45, 2.75) is 11.8 Å². The number of benzene rings is 1. The Labute approximate surface area is 135 Å². The largest absolute Gasteiger partial charge is 0.386 e. The summed E-state index contributed by atoms with van der Waals surface area (Å²) in [7, 11) is 0. The molecular formula is C15H11BrN4O2. The van der Waals surface area contributed by atoms with Crippen LogP contribution < -0.4 is 5.73 Å². The molecule has 4 rings (SSSR count). The van der Waals surface area contributed by atoms with Crippen molar-refractivity contribution >= 4 is 21.8 Å². The molecule has 110 valence electrons. The number of hydrogen-bond donors (Lipinski definition) is 1. The Kier molecular flexibility index (Phi) is 2.54. The van der Waals surface area contributed by atoms with E-state index in [-0.39, 0.29) is 5.84 Å². The van der Waals surface area contributed by atoms with Crippen LogP contribution in [-0.2, 0) is 9.47 Å². The van der Waals surface area contributed by atoms with Crippen LogP contribution in [0.3, 0.4) is 0 Å². The third-order valence-electron chi connectivity index (χ3n) is 4.82. The van der Waals surface area contributed by atoms with Crippen LogP contribution in [0.5, 0.6) is 0 Å². The van der Waals surface area contributed by atoms with Crippen molar-refractivity contribution in [1.29, 1.82) is 10.5 Å². The molecule has 2 aliphatic heterocycles. The van der Waals surface area contributed by atoms with Crippen LogP contribution in [0.1, 0.15) is 11.5 Å². The summed E-state index contributed by atoms with van der Waals surface area (Å²) in [6, 6.07) is 12.0. The zero-order valence-corrected chi connectivity index (χ0v) is 13.0. The van der Waals surface area contributed by atoms with Crippen molar-refractivity contribution < 1.29 is 9.47 Å². The van der Waals surface area contributed by atoms with Gasteiger partial charge < -0.3 is 15.2 Å². The average molecular weight is 359 g/mol. The summed E-state index contributed by atoms with van der Waals surface area (Å²) in [6.07, 6.45) is 0. The third-order valence-corrected chi connectivity index (χ3v) is 5.54. The highest BCUT2D eigenvalue weighted by Crippen LogP contribution is 2.82. The Balaban J connectivity index is 1.97. The topological polar surface area (TPSA) is 104 Å². The van der Waals surface area contributed by atoms with Crippen molar-refractivity contribution in [1.82, 2.24) is 0 Å². The van der Waals surface area contributed by atoms with Gasteiger partial charge in [-0.1, -0.05) is 34.1 Å². The summed E-state index contributed by atoms with van der Waals surface area (Å²) < 4.78 is 12.1. The predicted molar refractivity (Wildman–Crippen MR) is 79.2 cm³/mol. The van der Waals surface area contributed by atoms with Gasteiger partial charge in [-0.05, 0) is 11.6 Å². The Bertz CT molecular complexity index is 789. The monoisotopic (exact) mass is 358 g/mol. The normalized spacial score (nSPS) is 37.2. The standard InChI is InChI=1S/C15H11BrN4O2/c16-10-4-2-1-3-9(10)11-13(7-17)12(19)20-15(14(11,13)8-18)21-5-6-22-15/h1-4,11H,5-6H2,(H2,19,20)/t11-,13+,14+/m1/s1. The van der Waals surface area contributed by atoms with Crippen molar-refractivity contribution in [3.63, 3.8) is 0 Å². The summed E-state index contributed by atoms with van der Waals surface area (Å²) in [5.74, 6) is -1.80. The number of fused-ring (bicyclic) bond motifs is 2. The molecule has 1 spiro atoms. The molecule has 3 atom stereocenters. The van der Waals surface area contributed by atoms with E-state index in [0.717, 1.165) is 10.0 Å². The van der Waals surface area contributed by atoms with Gasteiger partial charge in [0.2, 0.25) is 0 Å². The van der Waals surface area contributed by atoms with E-state index in [1.165, 1.54) is 0 Å². The first-order valence-electron chi connectivity index (χ1n) is 6.80. The van der Waals surface area contributed by atoms with Gasteiger partial charge in [0.25, 0.3) is 5.91 Å². The second-order valence-corrected chi connectivity index (χ2v) is 6.42. The van der Waals surface area contributed by atoms with Crippen LogP contribution >= 0.6 is 15.9 Å². The van der Waals surface area contributed by atoms with Gasteiger partial charge in [0.1, 0.15) is 11.3 Å². The molecule has 1 saturated heterocycles. The molecule has 0 radical (unpaired) electrons. The van der Waals surface area contributed by atoms with Crippen molar-refractivity contribution in [2.75, 3.05) is 13.2 Å². The van der Waals surface area contributed by atoms with Crippen LogP contribution in [0.15, 0.2) is 33.7 Å². The lowest BCUT2D eigenvalue weighted by Crippen LogP contribution is -2.38. The number of aliphatic imine (C=N–C) groups is 1. The molecule has 22 heavy (non-hydrogen) atoms. The highest BCUT2D eigenvalue weighted by Gasteiger charge is 2.94. The smallest absolute Gasteiger partial charge is 0.293 e. The number of hydrogen-bond acceptors (Lipinski definition) is 6. The van der Waals surface area contributed by atoms with Crippen LogP contribution in [0.2, 0.25) is 0 Å². The Morgan fingerprint density at radius 3 is 2.50 bits per heavy atom. The molecule has 0 aromatic heterocycles. The molecule has 1 aromatic carbocycles. The number of nitrogens with zero attached hydrogens (tertiary/aromatic N) is 3. The molecule has 0 amide bonds. The van der Waals surface area contributed by atoms with Crippen molar-refractivity contribution in [3.05, 3.63) is 34.3 Å². The fourth-order valence-electron chi connectivity index (χ4n) is 3.89. The molecule has 1 saturated carbocycles. The molecule has 1 aliphatic carbocycles. The highest BCUT2D eigenvalue weighted by molar-refractivity contribution is 9.10. The first-order valence-corrected chi connectivity index (χ1v) is 7.59. The second kappa shape index (κ2) is 4.08. The number of ether oxygens (including phenoxy) is 2. The molecule has 1 aromatic rings. The molecule has 6 nitrogen and oxygen atoms in total. The highest BCUT2D eigenvalue weighted by atomic mass is 79.9. The van der Waals surface area contributed by atoms with Gasteiger partial charge >= 0.3 is 0 Å². The Morgan fingerprint density at radius 1 is 1.23 bits per heavy atom. The van der Waals surface area contributed by atoms with Crippen LogP contribution in [0.4, 0.5) is 0 Å². The van der Waals surface area contributed by atoms with E-state index in [9.17, 15) is 10.5 Å². The first kappa shape index (κ1) is 13.7. The summed E-state index contributed by atoms with van der Waals surface area (Å²) in [6.45, 7) is 0.648. The molecular weight excluding hydrogens is 348 g/mol. The summed E-state index contributed by atoms with van der Waals surface area (Å²) in [4.78, 5) is 4.23. The van der Waals surface area contributed by atoms with E-state index in [2.05, 4.69) is 33.1 Å². The molecule has 0 unspecified atom stereocenters. The fraction of sp³-hybridized carbons (Fsp3) is 0.400. The lowest BCUT2D eigenvalue weighted by atomic mass is 9.94. The maximum atomic E-state index is 9.92. The van der Waals surface area contributed by atoms with Crippen LogP contribution in [-0.4, -0.2) is 25.0 Å². The molecule has 2 heterocycles. The number of rotatable bonds is 1. The minimum Gasteiger partial charge on any atom is -0.386 e. The number of nitrogens with two attached hydrogens (primary N) is 1. The van der Waals surface area contributed by atoms with E-state index in [1.807, 2.05) is 24.3 Å². The third kappa shape index (κ3) is 1.17. The van der Waals surface area contributed by atoms with Gasteiger partial charge in [-0.15, -0.1) is 0 Å². The van der Waals surface area contributed by atoms with E-state index >= 15 is 0 Å². The van der Waals surface area contributed by atoms with Gasteiger partial charge in [0, 0.05) is 10.4 Å². The van der Waals surface area contributed by atoms with E-state index in [0.29, 0.717) is 13.2 Å². The first-order chi connectivity index (χ1) is 10.6. The SMILES string of the molecule is N#C[C@]12C(N)=NC3(OCCO3)[C@@]1(C#N)[C@@H]2c1ccccc1Br. The lowest BCUT2D eigenvalue weighted by molar-refractivity contribution is -0.184. The van der Waals surface area contributed by atoms with Crippen LogP contribution in [0, 0.1) is 33.5 Å². The number of halogens is 1. The maximum absolute atomic E-state index is 9.92. The summed E-state index contributed by atoms with van der Waals surface area (Å²) >= 11 is 3.49. The summed E-state index contributed by atoms with van der Waals surface area (Å²) in [5.41, 5.74) is 4.43. The maximum Gasteiger partial charge on any atom is 0.293 e. The molecule has 3 aliphatic rings. The van der Waals surface area contributed by atoms with Gasteiger partial charge in [-0.25, -0.2) is 4.99 Å². The minimum atomic E-state index is -1.47. The van der Waals surface area contributed by atoms with Crippen molar-refractivity contribution in [3.8, 4) is 12.1 Å². The number of amidine groups is 1. The number of nitriles is 2. The quantitative estimate of drug-likeness (QED) is 0.821. The minimum absolute atomic E-state index is 0.110. The van der Waals surface area contributed by atoms with Gasteiger partial charge in [-0.3, -0.25) is 0 Å². The van der Waals surface area contributed by atoms with Crippen molar-refractivity contribution in [2.24, 2.45) is 21.6 Å². The molecule has 2 N–H and O–H groups in total. The summed E-state index contributed by atoms with van der Waals surface area (Å²) in [5, 5.41) is 19.7. The average Bonchev–Trinajstić information content (AvgIpc) is 2.76. The zero-order chi connectivity index (χ0) is 15.6. The molecule has 7 heteroatoms. The predicted octanol–water partition coefficient (Wildman–Crippen LogP) is 1.64. The van der Waals surface area contributed by atoms with E-state index < -0.39 is 22.7 Å². The van der Waals surface area contributed by atoms with Gasteiger partial charge in [0.15, 0.2) is 5.41 Å².